The van der Waals surface area contributed by atoms with Crippen molar-refractivity contribution in [1.82, 2.24) is 25.3 Å². The van der Waals surface area contributed by atoms with Crippen molar-refractivity contribution in [2.24, 2.45) is 0 Å². The van der Waals surface area contributed by atoms with Crippen LogP contribution in [-0.2, 0) is 17.1 Å². The molecule has 0 aliphatic carbocycles. The normalized spacial score (nSPS) is 14.3. The molecule has 8 nitrogen and oxygen atoms in total. The predicted molar refractivity (Wildman–Crippen MR) is 125 cm³/mol. The van der Waals surface area contributed by atoms with Crippen LogP contribution < -0.4 is 5.32 Å². The van der Waals surface area contributed by atoms with E-state index in [4.69, 9.17) is 0 Å². The van der Waals surface area contributed by atoms with Gasteiger partial charge in [-0.2, -0.15) is 31.4 Å². The lowest BCUT2D eigenvalue weighted by atomic mass is 10.0. The van der Waals surface area contributed by atoms with Crippen LogP contribution >= 0.6 is 0 Å². The van der Waals surface area contributed by atoms with Crippen LogP contribution in [-0.4, -0.2) is 70.4 Å². The van der Waals surface area contributed by atoms with Crippen LogP contribution in [0.2, 0.25) is 0 Å². The molecule has 1 aliphatic rings. The first-order valence-corrected chi connectivity index (χ1v) is 11.7. The molecule has 0 unspecified atom stereocenters. The summed E-state index contributed by atoms with van der Waals surface area (Å²) < 4.78 is 93.2. The maximum atomic E-state index is 13.6. The van der Waals surface area contributed by atoms with Gasteiger partial charge in [0.2, 0.25) is 5.91 Å². The summed E-state index contributed by atoms with van der Waals surface area (Å²) in [5.74, 6) is -3.44. The number of amides is 3. The lowest BCUT2D eigenvalue weighted by molar-refractivity contribution is -0.138. The summed E-state index contributed by atoms with van der Waals surface area (Å²) in [7, 11) is 0. The highest BCUT2D eigenvalue weighted by molar-refractivity contribution is 5.97. The van der Waals surface area contributed by atoms with E-state index in [2.05, 4.69) is 15.5 Å². The molecule has 1 aliphatic heterocycles. The van der Waals surface area contributed by atoms with Gasteiger partial charge in [0.05, 0.1) is 28.9 Å². The van der Waals surface area contributed by atoms with E-state index in [1.54, 1.807) is 0 Å². The van der Waals surface area contributed by atoms with Crippen molar-refractivity contribution in [3.8, 4) is 11.3 Å². The Hall–Kier alpha value is -4.43. The van der Waals surface area contributed by atoms with Gasteiger partial charge in [-0.1, -0.05) is 18.2 Å². The molecular formula is C25H20F7N5O3. The first-order chi connectivity index (χ1) is 18.8. The number of carbonyl (C=O) groups is 3. The number of hydrogen-bond acceptors (Lipinski definition) is 4. The van der Waals surface area contributed by atoms with Crippen molar-refractivity contribution in [2.45, 2.75) is 12.4 Å². The number of piperazine rings is 1. The van der Waals surface area contributed by atoms with Crippen LogP contribution in [0.1, 0.15) is 32.0 Å². The minimum Gasteiger partial charge on any atom is -0.342 e. The molecule has 0 bridgehead atoms. The summed E-state index contributed by atoms with van der Waals surface area (Å²) in [6.07, 6.45) is -9.51. The van der Waals surface area contributed by atoms with Gasteiger partial charge in [0.15, 0.2) is 5.69 Å². The van der Waals surface area contributed by atoms with Crippen molar-refractivity contribution >= 4 is 17.7 Å². The molecule has 1 saturated heterocycles. The molecule has 3 aromatic rings. The third kappa shape index (κ3) is 6.24. The monoisotopic (exact) mass is 571 g/mol. The highest BCUT2D eigenvalue weighted by Crippen LogP contribution is 2.36. The van der Waals surface area contributed by atoms with Gasteiger partial charge in [0, 0.05) is 31.7 Å². The number of carbonyl (C=O) groups excluding carboxylic acids is 3. The highest BCUT2D eigenvalue weighted by atomic mass is 19.4. The van der Waals surface area contributed by atoms with Crippen LogP contribution in [0.4, 0.5) is 30.7 Å². The molecule has 0 radical (unpaired) electrons. The Morgan fingerprint density at radius 1 is 0.850 bits per heavy atom. The largest absolute Gasteiger partial charge is 0.417 e. The molecule has 0 spiro atoms. The van der Waals surface area contributed by atoms with Gasteiger partial charge in [-0.25, -0.2) is 4.39 Å². The van der Waals surface area contributed by atoms with Crippen molar-refractivity contribution in [3.05, 3.63) is 76.7 Å². The first-order valence-electron chi connectivity index (χ1n) is 11.7. The Morgan fingerprint density at radius 3 is 2.12 bits per heavy atom. The number of aromatic nitrogens is 2. The highest BCUT2D eigenvalue weighted by Gasteiger charge is 2.37. The quantitative estimate of drug-likeness (QED) is 0.453. The second-order valence-electron chi connectivity index (χ2n) is 8.75. The Labute approximate surface area is 221 Å². The minimum atomic E-state index is -4.87. The molecule has 15 heteroatoms. The van der Waals surface area contributed by atoms with E-state index in [-0.39, 0.29) is 43.1 Å². The Balaban J connectivity index is 1.33. The molecule has 0 atom stereocenters. The number of H-pyrrole nitrogens is 1. The topological polar surface area (TPSA) is 98.4 Å². The number of aromatic amines is 1. The molecule has 4 rings (SSSR count). The smallest absolute Gasteiger partial charge is 0.342 e. The Kier molecular flexibility index (Phi) is 7.84. The number of halogens is 7. The van der Waals surface area contributed by atoms with E-state index in [0.717, 1.165) is 17.0 Å². The van der Waals surface area contributed by atoms with Crippen LogP contribution in [0.5, 0.6) is 0 Å². The van der Waals surface area contributed by atoms with Crippen molar-refractivity contribution in [2.75, 3.05) is 32.7 Å². The van der Waals surface area contributed by atoms with Gasteiger partial charge >= 0.3 is 12.4 Å². The molecular weight excluding hydrogens is 551 g/mol. The van der Waals surface area contributed by atoms with Crippen molar-refractivity contribution in [3.63, 3.8) is 0 Å². The van der Waals surface area contributed by atoms with Gasteiger partial charge in [-0.3, -0.25) is 19.5 Å². The molecule has 2 N–H and O–H groups in total. The minimum absolute atomic E-state index is 0.0576. The molecule has 2 heterocycles. The van der Waals surface area contributed by atoms with Crippen LogP contribution in [0.25, 0.3) is 11.3 Å². The van der Waals surface area contributed by atoms with E-state index in [9.17, 15) is 45.1 Å². The fourth-order valence-electron chi connectivity index (χ4n) is 4.17. The second kappa shape index (κ2) is 11.0. The Morgan fingerprint density at radius 2 is 1.48 bits per heavy atom. The average molecular weight is 571 g/mol. The first kappa shape index (κ1) is 28.6. The number of alkyl halides is 6. The fourth-order valence-corrected chi connectivity index (χ4v) is 4.17. The SMILES string of the molecule is O=C(NCC(=O)N1CCN(C(=O)c2cc(F)ccc2C(F)(F)F)CC1)c1cc(-c2ccccc2C(F)(F)F)[nH]n1. The summed E-state index contributed by atoms with van der Waals surface area (Å²) in [4.78, 5) is 40.0. The molecule has 0 saturated carbocycles. The number of nitrogens with zero attached hydrogens (tertiary/aromatic N) is 3. The average Bonchev–Trinajstić information content (AvgIpc) is 3.40. The number of rotatable bonds is 5. The van der Waals surface area contributed by atoms with Gasteiger partial charge < -0.3 is 15.1 Å². The zero-order valence-corrected chi connectivity index (χ0v) is 20.4. The summed E-state index contributed by atoms with van der Waals surface area (Å²) in [5.41, 5.74) is -3.57. The van der Waals surface area contributed by atoms with Crippen molar-refractivity contribution < 1.29 is 45.1 Å². The third-order valence-corrected chi connectivity index (χ3v) is 6.17. The molecule has 3 amide bonds. The summed E-state index contributed by atoms with van der Waals surface area (Å²) in [6.45, 7) is -0.882. The number of benzene rings is 2. The maximum absolute atomic E-state index is 13.6. The Bertz CT molecular complexity index is 1430. The van der Waals surface area contributed by atoms with E-state index < -0.39 is 59.1 Å². The summed E-state index contributed by atoms with van der Waals surface area (Å²) in [6, 6.07) is 7.43. The van der Waals surface area contributed by atoms with Gasteiger partial charge in [-0.05, 0) is 30.3 Å². The van der Waals surface area contributed by atoms with E-state index >= 15 is 0 Å². The zero-order valence-electron chi connectivity index (χ0n) is 20.4. The maximum Gasteiger partial charge on any atom is 0.417 e. The summed E-state index contributed by atoms with van der Waals surface area (Å²) in [5, 5.41) is 8.40. The predicted octanol–water partition coefficient (Wildman–Crippen LogP) is 3.97. The molecule has 40 heavy (non-hydrogen) atoms. The molecule has 2 aromatic carbocycles. The van der Waals surface area contributed by atoms with Gasteiger partial charge in [0.25, 0.3) is 11.8 Å². The van der Waals surface area contributed by atoms with Crippen LogP contribution in [0.3, 0.4) is 0 Å². The standard InChI is InChI=1S/C25H20F7N5O3/c26-14-5-6-18(25(30,31)32)16(11-14)23(40)37-9-7-36(8-10-37)21(38)13-33-22(39)20-12-19(34-35-20)15-3-1-2-4-17(15)24(27,28)29/h1-6,11-12H,7-10,13H2,(H,33,39)(H,34,35). The van der Waals surface area contributed by atoms with Crippen LogP contribution in [0.15, 0.2) is 48.5 Å². The second-order valence-corrected chi connectivity index (χ2v) is 8.75. The fraction of sp³-hybridized carbons (Fsp3) is 0.280. The molecule has 212 valence electrons. The van der Waals surface area contributed by atoms with E-state index in [1.165, 1.54) is 23.1 Å². The van der Waals surface area contributed by atoms with E-state index in [1.807, 2.05) is 0 Å². The summed E-state index contributed by atoms with van der Waals surface area (Å²) >= 11 is 0. The van der Waals surface area contributed by atoms with Gasteiger partial charge in [-0.15, -0.1) is 0 Å². The van der Waals surface area contributed by atoms with Crippen molar-refractivity contribution in [1.29, 1.82) is 0 Å². The van der Waals surface area contributed by atoms with E-state index in [0.29, 0.717) is 18.2 Å². The third-order valence-electron chi connectivity index (χ3n) is 6.17. The van der Waals surface area contributed by atoms with Crippen LogP contribution in [0, 0.1) is 5.82 Å². The molecule has 1 aromatic heterocycles. The number of hydrogen-bond donors (Lipinski definition) is 2. The molecule has 1 fully saturated rings. The number of nitrogens with one attached hydrogen (secondary N) is 2. The van der Waals surface area contributed by atoms with Gasteiger partial charge in [0.1, 0.15) is 5.82 Å². The zero-order chi connectivity index (χ0) is 29.2. The lowest BCUT2D eigenvalue weighted by Crippen LogP contribution is -2.52. The lowest BCUT2D eigenvalue weighted by Gasteiger charge is -2.35.